The third-order valence-corrected chi connectivity index (χ3v) is 5.64. The lowest BCUT2D eigenvalue weighted by molar-refractivity contribution is 0.389. The number of anilines is 2. The van der Waals surface area contributed by atoms with Crippen LogP contribution in [0, 0.1) is 0 Å². The molecule has 0 unspecified atom stereocenters. The standard InChI is InChI=1S/C19H21N3O3S/c1-22(2)18-7-3-6-17-16(18)5-4-8-19(17)26(24,25)20-13-14-9-11-15(21-23)12-10-14/h3-12,20-21,23H,13H2,1-2H3. The minimum atomic E-state index is -3.68. The molecule has 0 aliphatic rings. The van der Waals surface area contributed by atoms with E-state index in [0.29, 0.717) is 11.1 Å². The molecule has 0 aliphatic heterocycles. The lowest BCUT2D eigenvalue weighted by atomic mass is 10.1. The summed E-state index contributed by atoms with van der Waals surface area (Å²) in [6.45, 7) is 0.164. The van der Waals surface area contributed by atoms with Gasteiger partial charge in [-0.2, -0.15) is 0 Å². The molecule has 0 bridgehead atoms. The van der Waals surface area contributed by atoms with Crippen LogP contribution in [0.25, 0.3) is 10.8 Å². The molecule has 26 heavy (non-hydrogen) atoms. The summed E-state index contributed by atoms with van der Waals surface area (Å²) in [6, 6.07) is 17.8. The second-order valence-electron chi connectivity index (χ2n) is 6.16. The van der Waals surface area contributed by atoms with Crippen LogP contribution in [-0.4, -0.2) is 27.7 Å². The van der Waals surface area contributed by atoms with Gasteiger partial charge in [0.1, 0.15) is 0 Å². The van der Waals surface area contributed by atoms with Crippen LogP contribution in [0.3, 0.4) is 0 Å². The predicted octanol–water partition coefficient (Wildman–Crippen LogP) is 3.19. The van der Waals surface area contributed by atoms with Crippen molar-refractivity contribution in [2.45, 2.75) is 11.4 Å². The zero-order valence-electron chi connectivity index (χ0n) is 14.6. The molecule has 6 nitrogen and oxygen atoms in total. The fraction of sp³-hybridized carbons (Fsp3) is 0.158. The van der Waals surface area contributed by atoms with Crippen molar-refractivity contribution in [1.29, 1.82) is 0 Å². The van der Waals surface area contributed by atoms with E-state index < -0.39 is 10.0 Å². The van der Waals surface area contributed by atoms with E-state index in [4.69, 9.17) is 5.21 Å². The highest BCUT2D eigenvalue weighted by Crippen LogP contribution is 2.30. The monoisotopic (exact) mass is 371 g/mol. The Kier molecular flexibility index (Phi) is 5.13. The Morgan fingerprint density at radius 1 is 0.923 bits per heavy atom. The number of fused-ring (bicyclic) bond motifs is 1. The number of hydrogen-bond acceptors (Lipinski definition) is 5. The minimum Gasteiger partial charge on any atom is -0.377 e. The Morgan fingerprint density at radius 3 is 2.23 bits per heavy atom. The van der Waals surface area contributed by atoms with Crippen LogP contribution in [0.2, 0.25) is 0 Å². The van der Waals surface area contributed by atoms with Crippen LogP contribution in [0.5, 0.6) is 0 Å². The van der Waals surface area contributed by atoms with Gasteiger partial charge in [0.2, 0.25) is 10.0 Å². The molecule has 3 aromatic carbocycles. The zero-order chi connectivity index (χ0) is 18.7. The van der Waals surface area contributed by atoms with Crippen molar-refractivity contribution in [2.75, 3.05) is 24.5 Å². The average molecular weight is 371 g/mol. The molecule has 0 saturated carbocycles. The van der Waals surface area contributed by atoms with Crippen molar-refractivity contribution in [3.63, 3.8) is 0 Å². The Balaban J connectivity index is 1.92. The van der Waals surface area contributed by atoms with Gasteiger partial charge >= 0.3 is 0 Å². The summed E-state index contributed by atoms with van der Waals surface area (Å²) in [5, 5.41) is 10.4. The summed E-state index contributed by atoms with van der Waals surface area (Å²) in [4.78, 5) is 2.22. The highest BCUT2D eigenvalue weighted by Gasteiger charge is 2.18. The first-order valence-electron chi connectivity index (χ1n) is 8.10. The van der Waals surface area contributed by atoms with E-state index in [-0.39, 0.29) is 11.4 Å². The highest BCUT2D eigenvalue weighted by molar-refractivity contribution is 7.89. The largest absolute Gasteiger partial charge is 0.377 e. The maximum atomic E-state index is 12.8. The van der Waals surface area contributed by atoms with Crippen molar-refractivity contribution in [1.82, 2.24) is 4.72 Å². The van der Waals surface area contributed by atoms with Gasteiger partial charge in [0.25, 0.3) is 0 Å². The maximum absolute atomic E-state index is 12.8. The van der Waals surface area contributed by atoms with Crippen LogP contribution in [0.15, 0.2) is 65.6 Å². The van der Waals surface area contributed by atoms with Crippen LogP contribution >= 0.6 is 0 Å². The predicted molar refractivity (Wildman–Crippen MR) is 104 cm³/mol. The molecule has 0 radical (unpaired) electrons. The van der Waals surface area contributed by atoms with Gasteiger partial charge in [-0.3, -0.25) is 10.7 Å². The molecule has 7 heteroatoms. The Labute approximate surface area is 153 Å². The summed E-state index contributed by atoms with van der Waals surface area (Å²) in [5.74, 6) is 0. The lowest BCUT2D eigenvalue weighted by Crippen LogP contribution is -2.23. The SMILES string of the molecule is CN(C)c1cccc2c(S(=O)(=O)NCc3ccc(NO)cc3)cccc12. The van der Waals surface area contributed by atoms with E-state index in [1.54, 1.807) is 36.4 Å². The van der Waals surface area contributed by atoms with Crippen molar-refractivity contribution in [3.8, 4) is 0 Å². The maximum Gasteiger partial charge on any atom is 0.241 e. The molecule has 136 valence electrons. The third kappa shape index (κ3) is 3.65. The quantitative estimate of drug-likeness (QED) is 0.580. The van der Waals surface area contributed by atoms with E-state index in [1.807, 2.05) is 48.7 Å². The number of benzene rings is 3. The Bertz CT molecular complexity index is 1020. The summed E-state index contributed by atoms with van der Waals surface area (Å²) >= 11 is 0. The average Bonchev–Trinajstić information content (AvgIpc) is 2.65. The van der Waals surface area contributed by atoms with Crippen molar-refractivity contribution in [2.24, 2.45) is 0 Å². The van der Waals surface area contributed by atoms with Gasteiger partial charge in [-0.1, -0.05) is 36.4 Å². The van der Waals surface area contributed by atoms with E-state index >= 15 is 0 Å². The lowest BCUT2D eigenvalue weighted by Gasteiger charge is -2.17. The fourth-order valence-corrected chi connectivity index (χ4v) is 4.08. The van der Waals surface area contributed by atoms with Gasteiger partial charge in [0.05, 0.1) is 10.6 Å². The first-order chi connectivity index (χ1) is 12.4. The molecule has 0 aromatic heterocycles. The first-order valence-corrected chi connectivity index (χ1v) is 9.58. The Morgan fingerprint density at radius 2 is 1.58 bits per heavy atom. The molecule has 0 fully saturated rings. The van der Waals surface area contributed by atoms with Gasteiger partial charge in [-0.15, -0.1) is 0 Å². The van der Waals surface area contributed by atoms with Gasteiger partial charge in [-0.05, 0) is 29.8 Å². The molecule has 3 aromatic rings. The van der Waals surface area contributed by atoms with Gasteiger partial charge in [-0.25, -0.2) is 13.1 Å². The summed E-state index contributed by atoms with van der Waals surface area (Å²) in [5.41, 5.74) is 4.35. The van der Waals surface area contributed by atoms with E-state index in [9.17, 15) is 8.42 Å². The van der Waals surface area contributed by atoms with Crippen molar-refractivity contribution >= 4 is 32.2 Å². The zero-order valence-corrected chi connectivity index (χ0v) is 15.4. The van der Waals surface area contributed by atoms with Crippen molar-refractivity contribution in [3.05, 3.63) is 66.2 Å². The number of sulfonamides is 1. The molecule has 0 atom stereocenters. The second kappa shape index (κ2) is 7.33. The molecule has 3 rings (SSSR count). The number of nitrogens with one attached hydrogen (secondary N) is 2. The minimum absolute atomic E-state index is 0.164. The summed E-state index contributed by atoms with van der Waals surface area (Å²) in [6.07, 6.45) is 0. The normalized spacial score (nSPS) is 11.5. The van der Waals surface area contributed by atoms with Gasteiger partial charge in [0.15, 0.2) is 0 Å². The van der Waals surface area contributed by atoms with Crippen LogP contribution in [0.1, 0.15) is 5.56 Å². The molecule has 0 aliphatic carbocycles. The number of rotatable bonds is 6. The van der Waals surface area contributed by atoms with Gasteiger partial charge in [0, 0.05) is 37.1 Å². The molecular formula is C19H21N3O3S. The fourth-order valence-electron chi connectivity index (χ4n) is 2.84. The molecule has 0 heterocycles. The van der Waals surface area contributed by atoms with E-state index in [2.05, 4.69) is 4.72 Å². The van der Waals surface area contributed by atoms with E-state index in [0.717, 1.165) is 16.6 Å². The van der Waals surface area contributed by atoms with Crippen LogP contribution in [-0.2, 0) is 16.6 Å². The summed E-state index contributed by atoms with van der Waals surface area (Å²) in [7, 11) is 0.183. The molecule has 3 N–H and O–H groups in total. The molecule has 0 amide bonds. The van der Waals surface area contributed by atoms with Crippen LogP contribution in [0.4, 0.5) is 11.4 Å². The first kappa shape index (κ1) is 18.2. The highest BCUT2D eigenvalue weighted by atomic mass is 32.2. The Hall–Kier alpha value is -2.61. The van der Waals surface area contributed by atoms with Crippen LogP contribution < -0.4 is 15.1 Å². The topological polar surface area (TPSA) is 81.7 Å². The summed E-state index contributed by atoms with van der Waals surface area (Å²) < 4.78 is 28.3. The second-order valence-corrected chi connectivity index (χ2v) is 7.89. The number of hydrogen-bond donors (Lipinski definition) is 3. The molecular weight excluding hydrogens is 350 g/mol. The van der Waals surface area contributed by atoms with E-state index in [1.165, 1.54) is 0 Å². The van der Waals surface area contributed by atoms with Gasteiger partial charge < -0.3 is 4.90 Å². The molecule has 0 spiro atoms. The molecule has 0 saturated heterocycles. The number of nitrogens with zero attached hydrogens (tertiary/aromatic N) is 1. The smallest absolute Gasteiger partial charge is 0.241 e. The van der Waals surface area contributed by atoms with Crippen molar-refractivity contribution < 1.29 is 13.6 Å². The third-order valence-electron chi connectivity index (χ3n) is 4.18.